The summed E-state index contributed by atoms with van der Waals surface area (Å²) in [6, 6.07) is 1.51. The van der Waals surface area contributed by atoms with E-state index in [0.29, 0.717) is 19.0 Å². The lowest BCUT2D eigenvalue weighted by molar-refractivity contribution is 0.288. The van der Waals surface area contributed by atoms with Crippen LogP contribution in [0.15, 0.2) is 12.3 Å². The Bertz CT molecular complexity index is 385. The molecule has 1 aromatic heterocycles. The van der Waals surface area contributed by atoms with Crippen LogP contribution in [0.25, 0.3) is 0 Å². The van der Waals surface area contributed by atoms with Gasteiger partial charge in [-0.25, -0.2) is 9.37 Å². The molecule has 1 heterocycles. The first-order valence-electron chi connectivity index (χ1n) is 8.25. The predicted octanol–water partition coefficient (Wildman–Crippen LogP) is 4.46. The van der Waals surface area contributed by atoms with Gasteiger partial charge in [-0.05, 0) is 25.5 Å². The van der Waals surface area contributed by atoms with Gasteiger partial charge in [-0.2, -0.15) is 0 Å². The summed E-state index contributed by atoms with van der Waals surface area (Å²) in [7, 11) is 0. The number of aromatic nitrogens is 1. The van der Waals surface area contributed by atoms with Gasteiger partial charge in [-0.1, -0.05) is 46.0 Å². The molecule has 1 aromatic rings. The van der Waals surface area contributed by atoms with Gasteiger partial charge in [0.2, 0.25) is 5.88 Å². The van der Waals surface area contributed by atoms with Crippen LogP contribution in [0.1, 0.15) is 64.4 Å². The molecule has 0 amide bonds. The number of halogens is 1. The van der Waals surface area contributed by atoms with Gasteiger partial charge >= 0.3 is 0 Å². The second-order valence-corrected chi connectivity index (χ2v) is 5.41. The summed E-state index contributed by atoms with van der Waals surface area (Å²) < 4.78 is 19.0. The van der Waals surface area contributed by atoms with Crippen LogP contribution < -0.4 is 10.1 Å². The lowest BCUT2D eigenvalue weighted by atomic mass is 10.1. The summed E-state index contributed by atoms with van der Waals surface area (Å²) in [6.45, 7) is 6.49. The van der Waals surface area contributed by atoms with E-state index in [1.165, 1.54) is 44.4 Å². The molecule has 0 unspecified atom stereocenters. The molecular formula is C17H29FN2O. The largest absolute Gasteiger partial charge is 0.477 e. The Kier molecular flexibility index (Phi) is 9.79. The van der Waals surface area contributed by atoms with E-state index < -0.39 is 0 Å². The van der Waals surface area contributed by atoms with E-state index in [4.69, 9.17) is 4.74 Å². The van der Waals surface area contributed by atoms with Crippen molar-refractivity contribution in [1.29, 1.82) is 0 Å². The Morgan fingerprint density at radius 2 is 1.86 bits per heavy atom. The standard InChI is InChI=1S/C17H29FN2O/c1-3-5-6-7-8-9-11-21-17-15(13-19-10-4-2)12-16(18)14-20-17/h12,14,19H,3-11,13H2,1-2H3. The Morgan fingerprint density at radius 3 is 2.62 bits per heavy atom. The first-order chi connectivity index (χ1) is 10.3. The van der Waals surface area contributed by atoms with Crippen LogP contribution in [-0.4, -0.2) is 18.1 Å². The topological polar surface area (TPSA) is 34.1 Å². The fourth-order valence-corrected chi connectivity index (χ4v) is 2.18. The second kappa shape index (κ2) is 11.5. The molecule has 0 aliphatic carbocycles. The van der Waals surface area contributed by atoms with Crippen molar-refractivity contribution in [2.75, 3.05) is 13.2 Å². The maximum absolute atomic E-state index is 13.3. The van der Waals surface area contributed by atoms with E-state index in [0.717, 1.165) is 24.9 Å². The summed E-state index contributed by atoms with van der Waals surface area (Å²) in [5.74, 6) is 0.253. The number of rotatable bonds is 12. The van der Waals surface area contributed by atoms with Crippen molar-refractivity contribution < 1.29 is 9.13 Å². The zero-order valence-corrected chi connectivity index (χ0v) is 13.5. The second-order valence-electron chi connectivity index (χ2n) is 5.41. The molecule has 3 nitrogen and oxygen atoms in total. The first kappa shape index (κ1) is 17.9. The Balaban J connectivity index is 2.32. The number of ether oxygens (including phenoxy) is 1. The molecule has 4 heteroatoms. The zero-order chi connectivity index (χ0) is 15.3. The third-order valence-electron chi connectivity index (χ3n) is 3.37. The van der Waals surface area contributed by atoms with Gasteiger partial charge in [-0.3, -0.25) is 0 Å². The first-order valence-corrected chi connectivity index (χ1v) is 8.25. The number of hydrogen-bond donors (Lipinski definition) is 1. The normalized spacial score (nSPS) is 10.8. The molecule has 21 heavy (non-hydrogen) atoms. The molecule has 0 aromatic carbocycles. The van der Waals surface area contributed by atoms with Crippen molar-refractivity contribution in [1.82, 2.24) is 10.3 Å². The maximum atomic E-state index is 13.3. The summed E-state index contributed by atoms with van der Waals surface area (Å²) in [5, 5.41) is 3.26. The monoisotopic (exact) mass is 296 g/mol. The summed E-state index contributed by atoms with van der Waals surface area (Å²) in [6.07, 6.45) is 9.64. The van der Waals surface area contributed by atoms with Gasteiger partial charge in [0, 0.05) is 12.1 Å². The number of hydrogen-bond acceptors (Lipinski definition) is 3. The summed E-state index contributed by atoms with van der Waals surface area (Å²) in [4.78, 5) is 4.07. The third kappa shape index (κ3) is 8.00. The van der Waals surface area contributed by atoms with Gasteiger partial charge < -0.3 is 10.1 Å². The molecule has 1 rings (SSSR count). The van der Waals surface area contributed by atoms with Crippen molar-refractivity contribution in [2.24, 2.45) is 0 Å². The molecule has 1 N–H and O–H groups in total. The molecule has 0 spiro atoms. The Hall–Kier alpha value is -1.16. The molecule has 0 saturated heterocycles. The Labute approximate surface area is 128 Å². The summed E-state index contributed by atoms with van der Waals surface area (Å²) in [5.41, 5.74) is 0.800. The molecule has 0 atom stereocenters. The lowest BCUT2D eigenvalue weighted by Crippen LogP contribution is -2.15. The van der Waals surface area contributed by atoms with Crippen LogP contribution in [0.2, 0.25) is 0 Å². The number of pyridine rings is 1. The third-order valence-corrected chi connectivity index (χ3v) is 3.37. The minimum Gasteiger partial charge on any atom is -0.477 e. The Morgan fingerprint density at radius 1 is 1.10 bits per heavy atom. The highest BCUT2D eigenvalue weighted by Crippen LogP contribution is 2.17. The molecule has 120 valence electrons. The quantitative estimate of drug-likeness (QED) is 0.578. The van der Waals surface area contributed by atoms with Crippen molar-refractivity contribution in [3.63, 3.8) is 0 Å². The molecule has 0 aliphatic rings. The molecule has 0 radical (unpaired) electrons. The van der Waals surface area contributed by atoms with Crippen molar-refractivity contribution in [2.45, 2.75) is 65.3 Å². The molecule has 0 fully saturated rings. The van der Waals surface area contributed by atoms with Crippen LogP contribution >= 0.6 is 0 Å². The van der Waals surface area contributed by atoms with E-state index in [9.17, 15) is 4.39 Å². The highest BCUT2D eigenvalue weighted by Gasteiger charge is 2.07. The van der Waals surface area contributed by atoms with Crippen LogP contribution in [0, 0.1) is 5.82 Å². The van der Waals surface area contributed by atoms with Crippen LogP contribution in [0.5, 0.6) is 5.88 Å². The van der Waals surface area contributed by atoms with Gasteiger partial charge in [-0.15, -0.1) is 0 Å². The highest BCUT2D eigenvalue weighted by atomic mass is 19.1. The van der Waals surface area contributed by atoms with Crippen molar-refractivity contribution in [3.8, 4) is 5.88 Å². The number of nitrogens with one attached hydrogen (secondary N) is 1. The fourth-order valence-electron chi connectivity index (χ4n) is 2.18. The zero-order valence-electron chi connectivity index (χ0n) is 13.5. The minimum absolute atomic E-state index is 0.310. The highest BCUT2D eigenvalue weighted by molar-refractivity contribution is 5.26. The average molecular weight is 296 g/mol. The average Bonchev–Trinajstić information content (AvgIpc) is 2.48. The van der Waals surface area contributed by atoms with Crippen molar-refractivity contribution >= 4 is 0 Å². The number of nitrogens with zero attached hydrogens (tertiary/aromatic N) is 1. The van der Waals surface area contributed by atoms with E-state index >= 15 is 0 Å². The van der Waals surface area contributed by atoms with Gasteiger partial charge in [0.25, 0.3) is 0 Å². The molecular weight excluding hydrogens is 267 g/mol. The minimum atomic E-state index is -0.310. The maximum Gasteiger partial charge on any atom is 0.218 e. The van der Waals surface area contributed by atoms with E-state index in [2.05, 4.69) is 24.1 Å². The van der Waals surface area contributed by atoms with Crippen LogP contribution in [-0.2, 0) is 6.54 Å². The van der Waals surface area contributed by atoms with Crippen LogP contribution in [0.3, 0.4) is 0 Å². The molecule has 0 aliphatic heterocycles. The predicted molar refractivity (Wildman–Crippen MR) is 85.1 cm³/mol. The molecule has 0 bridgehead atoms. The fraction of sp³-hybridized carbons (Fsp3) is 0.706. The summed E-state index contributed by atoms with van der Waals surface area (Å²) >= 11 is 0. The SMILES string of the molecule is CCCCCCCCOc1ncc(F)cc1CNCCC. The van der Waals surface area contributed by atoms with Crippen molar-refractivity contribution in [3.05, 3.63) is 23.6 Å². The van der Waals surface area contributed by atoms with Gasteiger partial charge in [0.05, 0.1) is 12.8 Å². The van der Waals surface area contributed by atoms with Crippen LogP contribution in [0.4, 0.5) is 4.39 Å². The van der Waals surface area contributed by atoms with Gasteiger partial charge in [0.15, 0.2) is 0 Å². The van der Waals surface area contributed by atoms with E-state index in [-0.39, 0.29) is 5.82 Å². The smallest absolute Gasteiger partial charge is 0.218 e. The van der Waals surface area contributed by atoms with Gasteiger partial charge in [0.1, 0.15) is 5.82 Å². The van der Waals surface area contributed by atoms with E-state index in [1.807, 2.05) is 0 Å². The molecule has 0 saturated carbocycles. The lowest BCUT2D eigenvalue weighted by Gasteiger charge is -2.11. The number of unbranched alkanes of at least 4 members (excludes halogenated alkanes) is 5. The van der Waals surface area contributed by atoms with E-state index in [1.54, 1.807) is 0 Å².